The smallest absolute Gasteiger partial charge is 0.317 e. The Balaban J connectivity index is 1.57. The number of carbonyl (C=O) groups is 1. The number of nitrogens with one attached hydrogen (secondary N) is 1. The summed E-state index contributed by atoms with van der Waals surface area (Å²) in [5.41, 5.74) is 0. The molecule has 0 aromatic carbocycles. The van der Waals surface area contributed by atoms with Crippen molar-refractivity contribution in [3.63, 3.8) is 0 Å². The second-order valence-corrected chi connectivity index (χ2v) is 6.87. The highest BCUT2D eigenvalue weighted by Crippen LogP contribution is 2.19. The van der Waals surface area contributed by atoms with Crippen molar-refractivity contribution in [2.75, 3.05) is 39.3 Å². The Hall–Kier alpha value is -0.810. The molecule has 3 atom stereocenters. The van der Waals surface area contributed by atoms with Crippen molar-refractivity contribution in [1.29, 1.82) is 0 Å². The molecule has 0 saturated carbocycles. The van der Waals surface area contributed by atoms with Crippen LogP contribution in [0.2, 0.25) is 0 Å². The first-order valence-corrected chi connectivity index (χ1v) is 8.49. The zero-order valence-electron chi connectivity index (χ0n) is 13.6. The lowest BCUT2D eigenvalue weighted by Gasteiger charge is -2.30. The zero-order valence-corrected chi connectivity index (χ0v) is 13.6. The van der Waals surface area contributed by atoms with Crippen molar-refractivity contribution >= 4 is 6.03 Å². The van der Waals surface area contributed by atoms with Gasteiger partial charge in [0.2, 0.25) is 0 Å². The van der Waals surface area contributed by atoms with Gasteiger partial charge in [-0.25, -0.2) is 4.79 Å². The Morgan fingerprint density at radius 3 is 2.81 bits per heavy atom. The van der Waals surface area contributed by atoms with Gasteiger partial charge in [-0.2, -0.15) is 0 Å². The topological polar surface area (TPSA) is 55.8 Å². The highest BCUT2D eigenvalue weighted by molar-refractivity contribution is 5.74. The van der Waals surface area contributed by atoms with E-state index in [9.17, 15) is 9.90 Å². The van der Waals surface area contributed by atoms with Crippen LogP contribution in [0.15, 0.2) is 0 Å². The van der Waals surface area contributed by atoms with E-state index in [1.54, 1.807) is 0 Å². The molecule has 122 valence electrons. The summed E-state index contributed by atoms with van der Waals surface area (Å²) in [6.45, 7) is 9.83. The fourth-order valence-electron chi connectivity index (χ4n) is 3.47. The third-order valence-corrected chi connectivity index (χ3v) is 4.86. The Bertz CT molecular complexity index is 335. The normalized spacial score (nSPS) is 28.6. The summed E-state index contributed by atoms with van der Waals surface area (Å²) >= 11 is 0. The SMILES string of the molecule is C[C@@H]1CCCN(CCCNC(=O)N2CC[C@@H]([C@@H](C)O)C2)C1. The number of amides is 2. The van der Waals surface area contributed by atoms with Crippen LogP contribution in [0.4, 0.5) is 4.79 Å². The van der Waals surface area contributed by atoms with Crippen molar-refractivity contribution in [1.82, 2.24) is 15.1 Å². The van der Waals surface area contributed by atoms with Crippen LogP contribution < -0.4 is 5.32 Å². The molecular weight excluding hydrogens is 266 g/mol. The fourth-order valence-corrected chi connectivity index (χ4v) is 3.47. The van der Waals surface area contributed by atoms with Crippen LogP contribution in [0.25, 0.3) is 0 Å². The second kappa shape index (κ2) is 7.99. The summed E-state index contributed by atoms with van der Waals surface area (Å²) in [6.07, 6.45) is 4.28. The van der Waals surface area contributed by atoms with E-state index in [4.69, 9.17) is 0 Å². The van der Waals surface area contributed by atoms with Gasteiger partial charge in [-0.05, 0) is 51.6 Å². The second-order valence-electron chi connectivity index (χ2n) is 6.87. The fraction of sp³-hybridized carbons (Fsp3) is 0.938. The number of rotatable bonds is 5. The molecule has 2 rings (SSSR count). The Kier molecular flexibility index (Phi) is 6.30. The average Bonchev–Trinajstić information content (AvgIpc) is 2.93. The molecule has 0 aromatic heterocycles. The number of hydrogen-bond acceptors (Lipinski definition) is 3. The minimum Gasteiger partial charge on any atom is -0.393 e. The van der Waals surface area contributed by atoms with Gasteiger partial charge in [0.15, 0.2) is 0 Å². The van der Waals surface area contributed by atoms with Crippen LogP contribution in [0, 0.1) is 11.8 Å². The molecule has 21 heavy (non-hydrogen) atoms. The highest BCUT2D eigenvalue weighted by Gasteiger charge is 2.28. The maximum Gasteiger partial charge on any atom is 0.317 e. The quantitative estimate of drug-likeness (QED) is 0.757. The summed E-state index contributed by atoms with van der Waals surface area (Å²) in [6, 6.07) is 0.0326. The van der Waals surface area contributed by atoms with E-state index in [1.807, 2.05) is 11.8 Å². The summed E-state index contributed by atoms with van der Waals surface area (Å²) in [5, 5.41) is 12.6. The van der Waals surface area contributed by atoms with Crippen LogP contribution in [0.1, 0.15) is 39.5 Å². The summed E-state index contributed by atoms with van der Waals surface area (Å²) in [5.74, 6) is 1.06. The molecule has 0 bridgehead atoms. The zero-order chi connectivity index (χ0) is 15.2. The van der Waals surface area contributed by atoms with Crippen molar-refractivity contribution in [3.8, 4) is 0 Å². The molecule has 0 unspecified atom stereocenters. The van der Waals surface area contributed by atoms with Gasteiger partial charge >= 0.3 is 6.03 Å². The maximum absolute atomic E-state index is 12.0. The van der Waals surface area contributed by atoms with E-state index in [0.717, 1.165) is 38.4 Å². The lowest BCUT2D eigenvalue weighted by molar-refractivity contribution is 0.129. The number of aliphatic hydroxyl groups is 1. The van der Waals surface area contributed by atoms with Crippen molar-refractivity contribution in [2.45, 2.75) is 45.6 Å². The van der Waals surface area contributed by atoms with Gasteiger partial charge < -0.3 is 20.2 Å². The van der Waals surface area contributed by atoms with Crippen LogP contribution in [0.5, 0.6) is 0 Å². The van der Waals surface area contributed by atoms with Crippen LogP contribution in [-0.4, -0.2) is 66.3 Å². The van der Waals surface area contributed by atoms with Gasteiger partial charge in [-0.15, -0.1) is 0 Å². The summed E-state index contributed by atoms with van der Waals surface area (Å²) in [7, 11) is 0. The van der Waals surface area contributed by atoms with Gasteiger partial charge in [-0.3, -0.25) is 0 Å². The molecule has 5 nitrogen and oxygen atoms in total. The van der Waals surface area contributed by atoms with E-state index >= 15 is 0 Å². The number of likely N-dealkylation sites (tertiary alicyclic amines) is 2. The van der Waals surface area contributed by atoms with E-state index < -0.39 is 0 Å². The molecule has 2 saturated heterocycles. The van der Waals surface area contributed by atoms with Gasteiger partial charge in [-0.1, -0.05) is 6.92 Å². The first kappa shape index (κ1) is 16.6. The number of carbonyl (C=O) groups excluding carboxylic acids is 1. The molecule has 0 spiro atoms. The molecule has 2 amide bonds. The van der Waals surface area contributed by atoms with Gasteiger partial charge in [0.25, 0.3) is 0 Å². The number of piperidine rings is 1. The first-order chi connectivity index (χ1) is 10.1. The maximum atomic E-state index is 12.0. The Morgan fingerprint density at radius 2 is 2.14 bits per heavy atom. The lowest BCUT2D eigenvalue weighted by atomic mass is 10.0. The largest absolute Gasteiger partial charge is 0.393 e. The summed E-state index contributed by atoms with van der Waals surface area (Å²) < 4.78 is 0. The highest BCUT2D eigenvalue weighted by atomic mass is 16.3. The van der Waals surface area contributed by atoms with Crippen LogP contribution >= 0.6 is 0 Å². The molecule has 0 aromatic rings. The Labute approximate surface area is 128 Å². The molecule has 2 aliphatic heterocycles. The molecule has 2 aliphatic rings. The van der Waals surface area contributed by atoms with Crippen molar-refractivity contribution in [3.05, 3.63) is 0 Å². The third kappa shape index (κ3) is 5.15. The molecular formula is C16H31N3O2. The van der Waals surface area contributed by atoms with Crippen LogP contribution in [0.3, 0.4) is 0 Å². The molecule has 0 radical (unpaired) electrons. The standard InChI is InChI=1S/C16H31N3O2/c1-13-5-3-8-18(11-13)9-4-7-17-16(21)19-10-6-15(12-19)14(2)20/h13-15,20H,3-12H2,1-2H3,(H,17,21)/t13-,14-,15-/m1/s1. The number of aliphatic hydroxyl groups excluding tert-OH is 1. The predicted octanol–water partition coefficient (Wildman–Crippen LogP) is 1.52. The molecule has 0 aliphatic carbocycles. The van der Waals surface area contributed by atoms with Gasteiger partial charge in [0.1, 0.15) is 0 Å². The van der Waals surface area contributed by atoms with Gasteiger partial charge in [0.05, 0.1) is 6.10 Å². The molecule has 2 fully saturated rings. The summed E-state index contributed by atoms with van der Waals surface area (Å²) in [4.78, 5) is 16.4. The average molecular weight is 297 g/mol. The van der Waals surface area contributed by atoms with E-state index in [2.05, 4.69) is 17.1 Å². The number of urea groups is 1. The molecule has 2 heterocycles. The van der Waals surface area contributed by atoms with Crippen molar-refractivity contribution in [2.24, 2.45) is 11.8 Å². The van der Waals surface area contributed by atoms with Gasteiger partial charge in [0, 0.05) is 32.1 Å². The minimum atomic E-state index is -0.316. The van der Waals surface area contributed by atoms with E-state index in [1.165, 1.54) is 25.9 Å². The van der Waals surface area contributed by atoms with Crippen LogP contribution in [-0.2, 0) is 0 Å². The van der Waals surface area contributed by atoms with Crippen molar-refractivity contribution < 1.29 is 9.90 Å². The first-order valence-electron chi connectivity index (χ1n) is 8.49. The molecule has 5 heteroatoms. The predicted molar refractivity (Wildman–Crippen MR) is 84.2 cm³/mol. The minimum absolute atomic E-state index is 0.0326. The number of nitrogens with zero attached hydrogens (tertiary/aromatic N) is 2. The molecule has 2 N–H and O–H groups in total. The third-order valence-electron chi connectivity index (χ3n) is 4.86. The number of hydrogen-bond donors (Lipinski definition) is 2. The van der Waals surface area contributed by atoms with E-state index in [-0.39, 0.29) is 18.1 Å². The monoisotopic (exact) mass is 297 g/mol. The van der Waals surface area contributed by atoms with E-state index in [0.29, 0.717) is 6.54 Å². The Morgan fingerprint density at radius 1 is 1.33 bits per heavy atom. The lowest BCUT2D eigenvalue weighted by Crippen LogP contribution is -2.41.